The highest BCUT2D eigenvalue weighted by atomic mass is 19.4. The van der Waals surface area contributed by atoms with Crippen LogP contribution in [0.4, 0.5) is 100 Å². The molecule has 0 radical (unpaired) electrons. The van der Waals surface area contributed by atoms with E-state index >= 15 is 44.1 Å². The monoisotopic (exact) mass is 976 g/mol. The molecule has 0 aliphatic heterocycles. The van der Waals surface area contributed by atoms with Crippen molar-refractivity contribution in [1.29, 1.82) is 0 Å². The van der Waals surface area contributed by atoms with E-state index < -0.39 is 106 Å². The van der Waals surface area contributed by atoms with Crippen LogP contribution in [-0.4, -0.2) is 83.4 Å². The summed E-state index contributed by atoms with van der Waals surface area (Å²) in [6, 6.07) is -4.51. The fraction of sp³-hybridized carbons (Fsp3) is 0.829. The zero-order valence-electron chi connectivity index (χ0n) is 32.6. The summed E-state index contributed by atoms with van der Waals surface area (Å²) < 4.78 is 298. The van der Waals surface area contributed by atoms with Crippen LogP contribution in [0.3, 0.4) is 0 Å². The molecule has 8 bridgehead atoms. The normalized spacial score (nSPS) is 30.5. The molecule has 2 heterocycles. The van der Waals surface area contributed by atoms with Crippen molar-refractivity contribution in [1.82, 2.24) is 29.9 Å². The second kappa shape index (κ2) is 14.7. The predicted octanol–water partition coefficient (Wildman–Crippen LogP) is 10.6. The summed E-state index contributed by atoms with van der Waals surface area (Å²) in [4.78, 5) is 19.3. The van der Waals surface area contributed by atoms with Crippen molar-refractivity contribution in [2.45, 2.75) is 136 Å². The molecule has 30 heteroatoms. The minimum atomic E-state index is -7.63. The zero-order valence-corrected chi connectivity index (χ0v) is 32.6. The molecule has 10 rings (SSSR count). The molecule has 8 saturated carbocycles. The van der Waals surface area contributed by atoms with Crippen LogP contribution in [0.2, 0.25) is 0 Å². The van der Waals surface area contributed by atoms with Gasteiger partial charge >= 0.3 is 59.7 Å². The number of rotatable bonds is 15. The molecule has 0 amide bonds. The van der Waals surface area contributed by atoms with Gasteiger partial charge in [0.05, 0.1) is 11.1 Å². The molecule has 0 aromatic carbocycles. The Labute approximate surface area is 351 Å². The van der Waals surface area contributed by atoms with Gasteiger partial charge in [-0.1, -0.05) is 8.96 Å². The lowest BCUT2D eigenvalue weighted by Crippen LogP contribution is -2.62. The van der Waals surface area contributed by atoms with Gasteiger partial charge in [-0.15, -0.1) is 0 Å². The van der Waals surface area contributed by atoms with Crippen LogP contribution in [0, 0.1) is 35.5 Å². The Bertz CT molecular complexity index is 2090. The van der Waals surface area contributed by atoms with Gasteiger partial charge in [0.15, 0.2) is 6.61 Å². The molecule has 364 valence electrons. The van der Waals surface area contributed by atoms with Gasteiger partial charge in [-0.2, -0.15) is 115 Å². The molecule has 0 N–H and O–H groups in total. The lowest BCUT2D eigenvalue weighted by atomic mass is 9.53. The standard InChI is InChI=1S/C35H32F20N8O2/c36-28(37,31(42,43)34(48,49)35(50,51)52)13-64-24-58-20(56-22(60-24)62(53)26-7-14-1-15(8-26)3-16(2-14)9-26)29(38,39)32(44,45)33(46,47)30(40,41)21-57-23(61-25(59-21)65-55)63(54)27-10-17-4-18(11-27)6-19(5-17)12-27/h14-19H,1-13H2. The Kier molecular flexibility index (Phi) is 10.7. The fourth-order valence-electron chi connectivity index (χ4n) is 11.6. The molecule has 2 aromatic heterocycles. The Morgan fingerprint density at radius 1 is 0.446 bits per heavy atom. The maximum Gasteiger partial charge on any atom is 0.460 e. The van der Waals surface area contributed by atoms with E-state index in [0.29, 0.717) is 38.5 Å². The minimum Gasteiger partial charge on any atom is -0.457 e. The largest absolute Gasteiger partial charge is 0.460 e. The first-order valence-corrected chi connectivity index (χ1v) is 19.8. The van der Waals surface area contributed by atoms with E-state index in [0.717, 1.165) is 0 Å². The van der Waals surface area contributed by atoms with Gasteiger partial charge in [-0.25, -0.2) is 0 Å². The molecule has 0 spiro atoms. The average molecular weight is 977 g/mol. The summed E-state index contributed by atoms with van der Waals surface area (Å²) in [6.07, 6.45) is -4.33. The Hall–Kier alpha value is -4.18. The van der Waals surface area contributed by atoms with E-state index in [9.17, 15) is 44.0 Å². The second-order valence-electron chi connectivity index (χ2n) is 18.3. The highest BCUT2D eigenvalue weighted by molar-refractivity contribution is 5.37. The first-order chi connectivity index (χ1) is 29.7. The molecule has 0 unspecified atom stereocenters. The highest BCUT2D eigenvalue weighted by Crippen LogP contribution is 2.62. The summed E-state index contributed by atoms with van der Waals surface area (Å²) in [5.41, 5.74) is -3.44. The number of aromatic nitrogens is 6. The van der Waals surface area contributed by atoms with Crippen molar-refractivity contribution in [2.24, 2.45) is 35.5 Å². The molecule has 2 aromatic rings. The summed E-state index contributed by atoms with van der Waals surface area (Å²) >= 11 is 0. The van der Waals surface area contributed by atoms with Crippen LogP contribution in [0.5, 0.6) is 12.0 Å². The number of anilines is 2. The minimum absolute atomic E-state index is 0.0269. The smallest absolute Gasteiger partial charge is 0.457 e. The van der Waals surface area contributed by atoms with E-state index in [1.165, 1.54) is 0 Å². The van der Waals surface area contributed by atoms with Gasteiger partial charge in [0.1, 0.15) is 0 Å². The van der Waals surface area contributed by atoms with Crippen molar-refractivity contribution in [3.8, 4) is 12.0 Å². The summed E-state index contributed by atoms with van der Waals surface area (Å²) in [5, 5.41) is -0.992. The van der Waals surface area contributed by atoms with Crippen molar-refractivity contribution in [3.63, 3.8) is 0 Å². The Morgan fingerprint density at radius 2 is 0.769 bits per heavy atom. The van der Waals surface area contributed by atoms with Crippen molar-refractivity contribution in [3.05, 3.63) is 11.6 Å². The van der Waals surface area contributed by atoms with E-state index in [4.69, 9.17) is 0 Å². The highest BCUT2D eigenvalue weighted by Gasteiger charge is 2.84. The fourth-order valence-corrected chi connectivity index (χ4v) is 11.6. The Balaban J connectivity index is 1.15. The molecule has 10 nitrogen and oxygen atoms in total. The number of alkyl halides is 17. The van der Waals surface area contributed by atoms with Crippen LogP contribution >= 0.6 is 0 Å². The molecule has 0 atom stereocenters. The van der Waals surface area contributed by atoms with Gasteiger partial charge < -0.3 is 4.74 Å². The molecule has 0 saturated heterocycles. The van der Waals surface area contributed by atoms with E-state index in [2.05, 4.69) is 39.6 Å². The first kappa shape index (κ1) is 47.3. The third-order valence-electron chi connectivity index (χ3n) is 13.8. The van der Waals surface area contributed by atoms with Crippen LogP contribution in [0.25, 0.3) is 0 Å². The van der Waals surface area contributed by atoms with Crippen LogP contribution in [0.15, 0.2) is 0 Å². The van der Waals surface area contributed by atoms with E-state index in [1.807, 2.05) is 0 Å². The molecule has 8 fully saturated rings. The molecule has 8 aliphatic rings. The van der Waals surface area contributed by atoms with E-state index in [-0.39, 0.29) is 79.2 Å². The molecule has 8 aliphatic carbocycles. The lowest BCUT2D eigenvalue weighted by Gasteiger charge is -2.57. The SMILES string of the molecule is FOc1nc(N(F)C23CC4CC(CC(C4)C2)C3)nc(C(F)(F)C(F)(F)C(F)(F)C(F)(F)c2nc(OCC(F)(F)C(F)(F)C(F)(F)C(F)(F)F)nc(N(F)C34CC5CC(CC(C5)C3)C4)n2)n1. The number of halogens is 20. The van der Waals surface area contributed by atoms with Crippen LogP contribution in [-0.2, 0) is 11.8 Å². The molecular weight excluding hydrogens is 944 g/mol. The van der Waals surface area contributed by atoms with Crippen molar-refractivity contribution < 1.29 is 97.8 Å². The zero-order chi connectivity index (χ0) is 47.9. The maximum atomic E-state index is 16.5. The van der Waals surface area contributed by atoms with Gasteiger partial charge in [0, 0.05) is 4.53 Å². The topological polar surface area (TPSA) is 102 Å². The first-order valence-electron chi connectivity index (χ1n) is 19.8. The third kappa shape index (κ3) is 7.10. The quantitative estimate of drug-likeness (QED) is 0.127. The Morgan fingerprint density at radius 3 is 1.09 bits per heavy atom. The lowest BCUT2D eigenvalue weighted by molar-refractivity contribution is -0.398. The number of ether oxygens (including phenoxy) is 1. The number of nitrogens with zero attached hydrogens (tertiary/aromatic N) is 8. The van der Waals surface area contributed by atoms with Gasteiger partial charge in [0.25, 0.3) is 11.9 Å². The molecule has 65 heavy (non-hydrogen) atoms. The van der Waals surface area contributed by atoms with Crippen LogP contribution in [0.1, 0.15) is 88.7 Å². The molecular formula is C35H32F20N8O2. The third-order valence-corrected chi connectivity index (χ3v) is 13.8. The van der Waals surface area contributed by atoms with Gasteiger partial charge in [-0.05, 0) is 113 Å². The van der Waals surface area contributed by atoms with Crippen LogP contribution < -0.4 is 19.9 Å². The van der Waals surface area contributed by atoms with Gasteiger partial charge in [-0.3, -0.25) is 4.94 Å². The van der Waals surface area contributed by atoms with Gasteiger partial charge in [0.2, 0.25) is 11.6 Å². The summed E-state index contributed by atoms with van der Waals surface area (Å²) in [6.45, 7) is -3.45. The average Bonchev–Trinajstić information content (AvgIpc) is 3.20. The van der Waals surface area contributed by atoms with Crippen molar-refractivity contribution >= 4 is 11.9 Å². The maximum absolute atomic E-state index is 16.5. The van der Waals surface area contributed by atoms with E-state index in [1.54, 1.807) is 0 Å². The predicted molar refractivity (Wildman–Crippen MR) is 174 cm³/mol. The summed E-state index contributed by atoms with van der Waals surface area (Å²) in [5.74, 6) is -61.9. The number of hydrogen-bond acceptors (Lipinski definition) is 10. The second-order valence-corrected chi connectivity index (χ2v) is 18.3. The van der Waals surface area contributed by atoms with Crippen molar-refractivity contribution in [2.75, 3.05) is 16.9 Å². The summed E-state index contributed by atoms with van der Waals surface area (Å²) in [7, 11) is 0. The number of hydrogen-bond donors (Lipinski definition) is 0.